The number of hydrogen-bond donors (Lipinski definition) is 1. The van der Waals surface area contributed by atoms with Crippen molar-refractivity contribution in [2.75, 3.05) is 19.6 Å². The van der Waals surface area contributed by atoms with Crippen molar-refractivity contribution < 1.29 is 9.59 Å². The molecule has 1 aromatic rings. The van der Waals surface area contributed by atoms with Crippen LogP contribution in [-0.4, -0.2) is 70.3 Å². The van der Waals surface area contributed by atoms with Crippen LogP contribution in [0.2, 0.25) is 0 Å². The molecule has 7 heteroatoms. The maximum absolute atomic E-state index is 13.1. The van der Waals surface area contributed by atoms with Crippen molar-refractivity contribution in [2.24, 2.45) is 5.73 Å². The van der Waals surface area contributed by atoms with Gasteiger partial charge in [-0.25, -0.2) is 0 Å². The van der Waals surface area contributed by atoms with Gasteiger partial charge in [0.05, 0.1) is 24.2 Å². The first kappa shape index (κ1) is 19.9. The van der Waals surface area contributed by atoms with Crippen molar-refractivity contribution in [3.8, 4) is 6.07 Å². The molecule has 29 heavy (non-hydrogen) atoms. The van der Waals surface area contributed by atoms with E-state index in [4.69, 9.17) is 5.73 Å². The lowest BCUT2D eigenvalue weighted by Gasteiger charge is -2.38. The van der Waals surface area contributed by atoms with E-state index in [0.717, 1.165) is 24.9 Å². The lowest BCUT2D eigenvalue weighted by atomic mass is 10.0. The maximum Gasteiger partial charge on any atom is 0.241 e. The van der Waals surface area contributed by atoms with Crippen LogP contribution in [-0.2, 0) is 9.59 Å². The van der Waals surface area contributed by atoms with Crippen molar-refractivity contribution >= 4 is 11.8 Å². The highest BCUT2D eigenvalue weighted by atomic mass is 16.2. The molecule has 0 aliphatic carbocycles. The number of nitriles is 1. The Kier molecular flexibility index (Phi) is 5.32. The normalized spacial score (nSPS) is 28.6. The van der Waals surface area contributed by atoms with Crippen LogP contribution in [0, 0.1) is 18.3 Å². The fourth-order valence-electron chi connectivity index (χ4n) is 5.20. The van der Waals surface area contributed by atoms with E-state index in [0.29, 0.717) is 19.5 Å². The quantitative estimate of drug-likeness (QED) is 0.808. The van der Waals surface area contributed by atoms with E-state index >= 15 is 0 Å². The molecule has 2 bridgehead atoms. The Morgan fingerprint density at radius 1 is 1.41 bits per heavy atom. The summed E-state index contributed by atoms with van der Waals surface area (Å²) in [4.78, 5) is 31.5. The molecule has 0 saturated carbocycles. The molecule has 5 unspecified atom stereocenters. The van der Waals surface area contributed by atoms with Crippen LogP contribution in [0.15, 0.2) is 24.3 Å². The molecule has 3 heterocycles. The molecule has 2 amide bonds. The van der Waals surface area contributed by atoms with Crippen LogP contribution in [0.4, 0.5) is 0 Å². The second kappa shape index (κ2) is 7.77. The number of carbonyl (C=O) groups excluding carboxylic acids is 2. The van der Waals surface area contributed by atoms with Crippen molar-refractivity contribution in [2.45, 2.75) is 63.3 Å². The molecule has 3 saturated heterocycles. The topological polar surface area (TPSA) is 93.7 Å². The lowest BCUT2D eigenvalue weighted by Crippen LogP contribution is -2.56. The Morgan fingerprint density at radius 3 is 2.90 bits per heavy atom. The minimum absolute atomic E-state index is 0.0378. The van der Waals surface area contributed by atoms with Gasteiger partial charge < -0.3 is 15.5 Å². The summed E-state index contributed by atoms with van der Waals surface area (Å²) in [5, 5.41) is 9.22. The fraction of sp³-hybridized carbons (Fsp3) is 0.591. The molecule has 4 rings (SSSR count). The van der Waals surface area contributed by atoms with Gasteiger partial charge in [0, 0.05) is 25.7 Å². The van der Waals surface area contributed by atoms with Gasteiger partial charge in [-0.15, -0.1) is 0 Å². The van der Waals surface area contributed by atoms with Gasteiger partial charge in [0.15, 0.2) is 0 Å². The van der Waals surface area contributed by atoms with E-state index in [-0.39, 0.29) is 36.0 Å². The molecule has 0 aromatic heterocycles. The van der Waals surface area contributed by atoms with E-state index in [1.54, 1.807) is 4.90 Å². The number of aryl methyl sites for hydroxylation is 1. The van der Waals surface area contributed by atoms with Crippen LogP contribution in [0.25, 0.3) is 0 Å². The summed E-state index contributed by atoms with van der Waals surface area (Å²) < 4.78 is 0. The van der Waals surface area contributed by atoms with E-state index in [1.807, 2.05) is 11.0 Å². The predicted molar refractivity (Wildman–Crippen MR) is 109 cm³/mol. The second-order valence-corrected chi connectivity index (χ2v) is 8.62. The molecule has 0 spiro atoms. The number of likely N-dealkylation sites (tertiary alicyclic amines) is 3. The lowest BCUT2D eigenvalue weighted by molar-refractivity contribution is -0.140. The Labute approximate surface area is 172 Å². The minimum atomic E-state index is -0.696. The van der Waals surface area contributed by atoms with Gasteiger partial charge in [0.25, 0.3) is 0 Å². The summed E-state index contributed by atoms with van der Waals surface area (Å²) in [6.07, 6.45) is 2.35. The van der Waals surface area contributed by atoms with E-state index < -0.39 is 6.04 Å². The number of rotatable bonds is 5. The van der Waals surface area contributed by atoms with Gasteiger partial charge in [-0.1, -0.05) is 29.8 Å². The monoisotopic (exact) mass is 395 g/mol. The highest BCUT2D eigenvalue weighted by Gasteiger charge is 2.51. The molecule has 3 aliphatic rings. The summed E-state index contributed by atoms with van der Waals surface area (Å²) in [7, 11) is 0. The van der Waals surface area contributed by atoms with Crippen molar-refractivity contribution in [3.05, 3.63) is 35.4 Å². The summed E-state index contributed by atoms with van der Waals surface area (Å²) in [6.45, 7) is 5.85. The molecular weight excluding hydrogens is 366 g/mol. The molecule has 154 valence electrons. The average Bonchev–Trinajstić information content (AvgIpc) is 3.41. The van der Waals surface area contributed by atoms with Crippen LogP contribution in [0.3, 0.4) is 0 Å². The van der Waals surface area contributed by atoms with Gasteiger partial charge in [-0.05, 0) is 38.7 Å². The molecule has 0 radical (unpaired) electrons. The number of nitrogens with two attached hydrogens (primary N) is 1. The highest BCUT2D eigenvalue weighted by molar-refractivity contribution is 5.87. The molecule has 3 aliphatic heterocycles. The number of carbonyl (C=O) groups is 2. The Bertz CT molecular complexity index is 850. The van der Waals surface area contributed by atoms with Crippen LogP contribution in [0.5, 0.6) is 0 Å². The summed E-state index contributed by atoms with van der Waals surface area (Å²) in [5.74, 6) is -0.0414. The zero-order valence-corrected chi connectivity index (χ0v) is 17.1. The third-order valence-electron chi connectivity index (χ3n) is 6.69. The summed E-state index contributed by atoms with van der Waals surface area (Å²) in [5.41, 5.74) is 8.55. The second-order valence-electron chi connectivity index (χ2n) is 8.62. The molecule has 1 aromatic carbocycles. The highest BCUT2D eigenvalue weighted by Crippen LogP contribution is 2.38. The molecule has 3 fully saturated rings. The van der Waals surface area contributed by atoms with Crippen molar-refractivity contribution in [1.82, 2.24) is 14.7 Å². The Morgan fingerprint density at radius 2 is 2.21 bits per heavy atom. The number of hydrogen-bond acceptors (Lipinski definition) is 5. The van der Waals surface area contributed by atoms with Gasteiger partial charge in [-0.2, -0.15) is 5.26 Å². The fourth-order valence-corrected chi connectivity index (χ4v) is 5.20. The standard InChI is InChI=1S/C22H29N5O2/c1-14-5-3-6-16(9-14)15(2)27-18-10-20(22(27)29)25(12-18)13-19(24)21(28)26-8-4-7-17(26)11-23/h3,5-6,9,15,17-20H,4,7-8,10,12-13,24H2,1-2H3. The number of benzene rings is 1. The SMILES string of the molecule is Cc1cccc(C(C)N2C(=O)C3CC2CN3CC(N)C(=O)N2CCCC2C#N)c1. The van der Waals surface area contributed by atoms with Gasteiger partial charge in [0.1, 0.15) is 6.04 Å². The number of piperazine rings is 1. The summed E-state index contributed by atoms with van der Waals surface area (Å²) >= 11 is 0. The Balaban J connectivity index is 1.40. The van der Waals surface area contributed by atoms with E-state index in [9.17, 15) is 14.9 Å². The van der Waals surface area contributed by atoms with Gasteiger partial charge in [-0.3, -0.25) is 14.5 Å². The van der Waals surface area contributed by atoms with Crippen molar-refractivity contribution in [3.63, 3.8) is 0 Å². The number of nitrogens with zero attached hydrogens (tertiary/aromatic N) is 4. The van der Waals surface area contributed by atoms with Gasteiger partial charge in [0.2, 0.25) is 11.8 Å². The number of amides is 2. The zero-order chi connectivity index (χ0) is 20.7. The largest absolute Gasteiger partial charge is 0.330 e. The first-order valence-corrected chi connectivity index (χ1v) is 10.5. The summed E-state index contributed by atoms with van der Waals surface area (Å²) in [6, 6.07) is 9.43. The Hall–Kier alpha value is -2.43. The molecule has 5 atom stereocenters. The number of fused-ring (bicyclic) bond motifs is 2. The van der Waals surface area contributed by atoms with Crippen LogP contribution >= 0.6 is 0 Å². The molecular formula is C22H29N5O2. The minimum Gasteiger partial charge on any atom is -0.330 e. The zero-order valence-electron chi connectivity index (χ0n) is 17.1. The average molecular weight is 396 g/mol. The predicted octanol–water partition coefficient (Wildman–Crippen LogP) is 1.18. The van der Waals surface area contributed by atoms with Crippen molar-refractivity contribution in [1.29, 1.82) is 5.26 Å². The molecule has 2 N–H and O–H groups in total. The van der Waals surface area contributed by atoms with Crippen LogP contribution < -0.4 is 5.73 Å². The van der Waals surface area contributed by atoms with E-state index in [2.05, 4.69) is 43.0 Å². The van der Waals surface area contributed by atoms with Gasteiger partial charge >= 0.3 is 0 Å². The first-order chi connectivity index (χ1) is 13.9. The third-order valence-corrected chi connectivity index (χ3v) is 6.69. The maximum atomic E-state index is 13.1. The van der Waals surface area contributed by atoms with E-state index in [1.165, 1.54) is 5.56 Å². The smallest absolute Gasteiger partial charge is 0.241 e. The third kappa shape index (κ3) is 3.52. The molecule has 7 nitrogen and oxygen atoms in total. The van der Waals surface area contributed by atoms with Crippen LogP contribution in [0.1, 0.15) is 43.4 Å². The first-order valence-electron chi connectivity index (χ1n) is 10.5.